The third-order valence-electron chi connectivity index (χ3n) is 1.82. The molecule has 1 aliphatic heterocycles. The van der Waals surface area contributed by atoms with E-state index in [1.165, 1.54) is 0 Å². The summed E-state index contributed by atoms with van der Waals surface area (Å²) in [6.07, 6.45) is -8.19. The lowest BCUT2D eigenvalue weighted by Crippen LogP contribution is -2.56. The van der Waals surface area contributed by atoms with Gasteiger partial charge in [-0.15, -0.1) is 0 Å². The highest BCUT2D eigenvalue weighted by atomic mass is 19.1. The van der Waals surface area contributed by atoms with E-state index in [2.05, 4.69) is 4.74 Å². The number of aliphatic hydroxyl groups is 4. The quantitative estimate of drug-likeness (QED) is 0.368. The third-order valence-corrected chi connectivity index (χ3v) is 1.82. The molecule has 72 valence electrons. The lowest BCUT2D eigenvalue weighted by atomic mass is 10.0. The fraction of sp³-hybridized carbons (Fsp3) is 1.00. The molecule has 0 spiro atoms. The number of halogens is 1. The zero-order valence-electron chi connectivity index (χ0n) is 6.17. The zero-order chi connectivity index (χ0) is 9.30. The van der Waals surface area contributed by atoms with Crippen LogP contribution in [0.3, 0.4) is 0 Å². The van der Waals surface area contributed by atoms with Crippen molar-refractivity contribution in [2.75, 3.05) is 6.61 Å². The van der Waals surface area contributed by atoms with Crippen molar-refractivity contribution in [3.8, 4) is 0 Å². The molecule has 0 aliphatic carbocycles. The highest BCUT2D eigenvalue weighted by molar-refractivity contribution is 4.88. The second kappa shape index (κ2) is 3.63. The molecule has 0 aromatic heterocycles. The summed E-state index contributed by atoms with van der Waals surface area (Å²) in [6.45, 7) is -0.581. The van der Waals surface area contributed by atoms with E-state index < -0.39 is 37.4 Å². The van der Waals surface area contributed by atoms with Crippen LogP contribution in [-0.4, -0.2) is 57.8 Å². The van der Waals surface area contributed by atoms with Crippen LogP contribution in [0.5, 0.6) is 0 Å². The predicted molar refractivity (Wildman–Crippen MR) is 34.9 cm³/mol. The molecule has 5 atom stereocenters. The topological polar surface area (TPSA) is 90.2 Å². The van der Waals surface area contributed by atoms with Crippen molar-refractivity contribution in [3.05, 3.63) is 0 Å². The molecule has 1 fully saturated rings. The van der Waals surface area contributed by atoms with Crippen molar-refractivity contribution in [3.63, 3.8) is 0 Å². The maximum atomic E-state index is 12.7. The lowest BCUT2D eigenvalue weighted by Gasteiger charge is -2.36. The van der Waals surface area contributed by atoms with Gasteiger partial charge in [0.2, 0.25) is 0 Å². The summed E-state index contributed by atoms with van der Waals surface area (Å²) < 4.78 is 17.1. The molecule has 0 aromatic rings. The summed E-state index contributed by atoms with van der Waals surface area (Å²) in [7, 11) is 0. The molecule has 12 heavy (non-hydrogen) atoms. The number of rotatable bonds is 1. The summed E-state index contributed by atoms with van der Waals surface area (Å²) in [6, 6.07) is 0. The largest absolute Gasteiger partial charge is 0.394 e. The van der Waals surface area contributed by atoms with Crippen LogP contribution in [-0.2, 0) is 4.74 Å². The second-order valence-electron chi connectivity index (χ2n) is 2.67. The lowest BCUT2D eigenvalue weighted by molar-refractivity contribution is -0.271. The standard InChI is InChI=1S/C6H11FO5/c7-3-5(10)4(9)2(1-8)12-6(3)11/h2-6,8-11H,1H2/t2-,3-,4+,5-,6?/m1/s1. The Kier molecular flexibility index (Phi) is 2.97. The SMILES string of the molecule is OC[C@H]1OC(O)[C@H](F)[C@@H](O)[C@H]1O. The van der Waals surface area contributed by atoms with Crippen LogP contribution in [0.15, 0.2) is 0 Å². The Morgan fingerprint density at radius 1 is 1.17 bits per heavy atom. The molecule has 0 bridgehead atoms. The first-order valence-corrected chi connectivity index (χ1v) is 3.52. The maximum absolute atomic E-state index is 12.7. The van der Waals surface area contributed by atoms with Crippen LogP contribution < -0.4 is 0 Å². The number of hydrogen-bond acceptors (Lipinski definition) is 5. The summed E-state index contributed by atoms with van der Waals surface area (Å²) in [5, 5.41) is 35.3. The summed E-state index contributed by atoms with van der Waals surface area (Å²) in [4.78, 5) is 0. The van der Waals surface area contributed by atoms with E-state index in [-0.39, 0.29) is 0 Å². The van der Waals surface area contributed by atoms with Gasteiger partial charge < -0.3 is 25.2 Å². The average molecular weight is 182 g/mol. The normalized spacial score (nSPS) is 49.2. The summed E-state index contributed by atoms with van der Waals surface area (Å²) in [5.74, 6) is 0. The molecular weight excluding hydrogens is 171 g/mol. The molecule has 6 heteroatoms. The molecule has 0 radical (unpaired) electrons. The Bertz CT molecular complexity index is 150. The fourth-order valence-corrected chi connectivity index (χ4v) is 1.06. The molecule has 1 aliphatic rings. The molecule has 5 nitrogen and oxygen atoms in total. The Morgan fingerprint density at radius 2 is 1.75 bits per heavy atom. The van der Waals surface area contributed by atoms with Crippen LogP contribution >= 0.6 is 0 Å². The Morgan fingerprint density at radius 3 is 2.25 bits per heavy atom. The first-order valence-electron chi connectivity index (χ1n) is 3.52. The van der Waals surface area contributed by atoms with Gasteiger partial charge in [0.25, 0.3) is 0 Å². The number of alkyl halides is 1. The minimum Gasteiger partial charge on any atom is -0.394 e. The van der Waals surface area contributed by atoms with E-state index in [9.17, 15) is 4.39 Å². The van der Waals surface area contributed by atoms with E-state index in [1.54, 1.807) is 0 Å². The van der Waals surface area contributed by atoms with Crippen molar-refractivity contribution < 1.29 is 29.6 Å². The Labute approximate surface area is 68.0 Å². The van der Waals surface area contributed by atoms with Crippen LogP contribution in [0.2, 0.25) is 0 Å². The monoisotopic (exact) mass is 182 g/mol. The van der Waals surface area contributed by atoms with E-state index in [1.807, 2.05) is 0 Å². The Hall–Kier alpha value is -0.270. The smallest absolute Gasteiger partial charge is 0.189 e. The molecule has 1 saturated heterocycles. The van der Waals surface area contributed by atoms with Crippen molar-refractivity contribution in [1.82, 2.24) is 0 Å². The van der Waals surface area contributed by atoms with Gasteiger partial charge in [0.1, 0.15) is 18.3 Å². The van der Waals surface area contributed by atoms with Crippen molar-refractivity contribution in [2.24, 2.45) is 0 Å². The van der Waals surface area contributed by atoms with Gasteiger partial charge in [-0.05, 0) is 0 Å². The minimum absolute atomic E-state index is 0.581. The van der Waals surface area contributed by atoms with E-state index in [4.69, 9.17) is 20.4 Å². The van der Waals surface area contributed by atoms with Gasteiger partial charge in [-0.25, -0.2) is 4.39 Å². The van der Waals surface area contributed by atoms with Gasteiger partial charge in [0.15, 0.2) is 12.5 Å². The molecule has 1 rings (SSSR count). The minimum atomic E-state index is -2.04. The van der Waals surface area contributed by atoms with Crippen LogP contribution in [0.1, 0.15) is 0 Å². The number of aliphatic hydroxyl groups excluding tert-OH is 4. The first-order chi connectivity index (χ1) is 5.57. The molecule has 1 heterocycles. The van der Waals surface area contributed by atoms with Gasteiger partial charge in [-0.3, -0.25) is 0 Å². The highest BCUT2D eigenvalue weighted by Crippen LogP contribution is 2.21. The van der Waals surface area contributed by atoms with Gasteiger partial charge >= 0.3 is 0 Å². The number of ether oxygens (including phenoxy) is 1. The van der Waals surface area contributed by atoms with Crippen molar-refractivity contribution in [1.29, 1.82) is 0 Å². The van der Waals surface area contributed by atoms with Crippen LogP contribution in [0, 0.1) is 0 Å². The fourth-order valence-electron chi connectivity index (χ4n) is 1.06. The third kappa shape index (κ3) is 1.57. The van der Waals surface area contributed by atoms with Gasteiger partial charge in [-0.1, -0.05) is 0 Å². The van der Waals surface area contributed by atoms with Gasteiger partial charge in [0, 0.05) is 0 Å². The van der Waals surface area contributed by atoms with Crippen molar-refractivity contribution in [2.45, 2.75) is 30.8 Å². The van der Waals surface area contributed by atoms with Gasteiger partial charge in [0.05, 0.1) is 6.61 Å². The molecule has 0 saturated carbocycles. The average Bonchev–Trinajstić information content (AvgIpc) is 2.08. The van der Waals surface area contributed by atoms with Gasteiger partial charge in [-0.2, -0.15) is 0 Å². The Balaban J connectivity index is 2.63. The summed E-state index contributed by atoms with van der Waals surface area (Å²) >= 11 is 0. The molecular formula is C6H11FO5. The molecule has 1 unspecified atom stereocenters. The van der Waals surface area contributed by atoms with E-state index in [0.29, 0.717) is 0 Å². The van der Waals surface area contributed by atoms with Crippen molar-refractivity contribution >= 4 is 0 Å². The van der Waals surface area contributed by atoms with Crippen LogP contribution in [0.25, 0.3) is 0 Å². The maximum Gasteiger partial charge on any atom is 0.189 e. The second-order valence-corrected chi connectivity index (χ2v) is 2.67. The predicted octanol–water partition coefficient (Wildman–Crippen LogP) is -2.24. The summed E-state index contributed by atoms with van der Waals surface area (Å²) in [5.41, 5.74) is 0. The highest BCUT2D eigenvalue weighted by Gasteiger charge is 2.43. The van der Waals surface area contributed by atoms with E-state index in [0.717, 1.165) is 0 Å². The van der Waals surface area contributed by atoms with Crippen LogP contribution in [0.4, 0.5) is 4.39 Å². The molecule has 4 N–H and O–H groups in total. The van der Waals surface area contributed by atoms with E-state index >= 15 is 0 Å². The molecule has 0 aromatic carbocycles. The first kappa shape index (κ1) is 9.82. The molecule has 0 amide bonds. The number of hydrogen-bond donors (Lipinski definition) is 4. The zero-order valence-corrected chi connectivity index (χ0v) is 6.17.